The topological polar surface area (TPSA) is 67.9 Å². The van der Waals surface area contributed by atoms with Gasteiger partial charge in [0.2, 0.25) is 5.91 Å². The van der Waals surface area contributed by atoms with Crippen molar-refractivity contribution in [3.8, 4) is 11.5 Å². The van der Waals surface area contributed by atoms with Crippen LogP contribution >= 0.6 is 0 Å². The van der Waals surface area contributed by atoms with E-state index in [1.54, 1.807) is 30.2 Å². The van der Waals surface area contributed by atoms with E-state index in [-0.39, 0.29) is 18.4 Å². The number of anilines is 2. The first kappa shape index (κ1) is 18.3. The summed E-state index contributed by atoms with van der Waals surface area (Å²) in [6.07, 6.45) is 4.78. The summed E-state index contributed by atoms with van der Waals surface area (Å²) in [5, 5.41) is 2.82. The lowest BCUT2D eigenvalue weighted by molar-refractivity contribution is -0.118. The summed E-state index contributed by atoms with van der Waals surface area (Å²) in [6.45, 7) is 0.628. The van der Waals surface area contributed by atoms with Gasteiger partial charge in [-0.15, -0.1) is 0 Å². The first-order chi connectivity index (χ1) is 13.6. The van der Waals surface area contributed by atoms with Crippen molar-refractivity contribution in [2.75, 3.05) is 30.5 Å². The molecule has 28 heavy (non-hydrogen) atoms. The Bertz CT molecular complexity index is 909. The summed E-state index contributed by atoms with van der Waals surface area (Å²) in [6, 6.07) is 11.3. The van der Waals surface area contributed by atoms with Gasteiger partial charge in [-0.25, -0.2) is 0 Å². The third kappa shape index (κ3) is 3.81. The van der Waals surface area contributed by atoms with Crippen molar-refractivity contribution < 1.29 is 19.1 Å². The van der Waals surface area contributed by atoms with Gasteiger partial charge in [-0.05, 0) is 61.1 Å². The number of benzene rings is 2. The molecule has 1 saturated heterocycles. The molecule has 4 rings (SSSR count). The van der Waals surface area contributed by atoms with Crippen molar-refractivity contribution >= 4 is 23.2 Å². The molecule has 0 radical (unpaired) electrons. The number of methoxy groups -OCH3 is 1. The quantitative estimate of drug-likeness (QED) is 0.835. The molecule has 1 heterocycles. The minimum Gasteiger partial charge on any atom is -0.494 e. The molecule has 0 spiro atoms. The Morgan fingerprint density at radius 1 is 1.07 bits per heavy atom. The van der Waals surface area contributed by atoms with Crippen molar-refractivity contribution in [3.63, 3.8) is 0 Å². The van der Waals surface area contributed by atoms with Crippen molar-refractivity contribution in [1.29, 1.82) is 0 Å². The fourth-order valence-corrected chi connectivity index (χ4v) is 3.87. The maximum atomic E-state index is 12.3. The Balaban J connectivity index is 1.38. The van der Waals surface area contributed by atoms with Gasteiger partial charge < -0.3 is 19.7 Å². The molecule has 1 N–H and O–H groups in total. The minimum atomic E-state index is -0.243. The van der Waals surface area contributed by atoms with Crippen LogP contribution in [0.3, 0.4) is 0 Å². The smallest absolute Gasteiger partial charge is 0.262 e. The summed E-state index contributed by atoms with van der Waals surface area (Å²) in [5.74, 6) is 1.13. The summed E-state index contributed by atoms with van der Waals surface area (Å²) >= 11 is 0. The SMILES string of the molecule is COc1cc(NC(=O)COc2ccc3c(c2)CCC3)ccc1N1CCCC1=O. The van der Waals surface area contributed by atoms with Gasteiger partial charge >= 0.3 is 0 Å². The van der Waals surface area contributed by atoms with Crippen LogP contribution in [0.1, 0.15) is 30.4 Å². The molecule has 1 aliphatic heterocycles. The van der Waals surface area contributed by atoms with E-state index in [1.165, 1.54) is 17.5 Å². The summed E-state index contributed by atoms with van der Waals surface area (Å²) in [5.41, 5.74) is 4.03. The predicted molar refractivity (Wildman–Crippen MR) is 107 cm³/mol. The summed E-state index contributed by atoms with van der Waals surface area (Å²) in [4.78, 5) is 26.0. The molecule has 0 unspecified atom stereocenters. The van der Waals surface area contributed by atoms with Crippen molar-refractivity contribution in [2.24, 2.45) is 0 Å². The van der Waals surface area contributed by atoms with E-state index in [0.29, 0.717) is 24.4 Å². The second-order valence-electron chi connectivity index (χ2n) is 7.16. The number of hydrogen-bond donors (Lipinski definition) is 1. The maximum Gasteiger partial charge on any atom is 0.262 e. The Kier molecular flexibility index (Phi) is 5.19. The van der Waals surface area contributed by atoms with Crippen LogP contribution in [0.2, 0.25) is 0 Å². The fraction of sp³-hybridized carbons (Fsp3) is 0.364. The van der Waals surface area contributed by atoms with Crippen LogP contribution in [0.25, 0.3) is 0 Å². The van der Waals surface area contributed by atoms with E-state index in [1.807, 2.05) is 12.1 Å². The van der Waals surface area contributed by atoms with Crippen molar-refractivity contribution in [1.82, 2.24) is 0 Å². The zero-order chi connectivity index (χ0) is 19.5. The highest BCUT2D eigenvalue weighted by Gasteiger charge is 2.24. The molecular weight excluding hydrogens is 356 g/mol. The summed E-state index contributed by atoms with van der Waals surface area (Å²) < 4.78 is 11.1. The van der Waals surface area contributed by atoms with Crippen molar-refractivity contribution in [3.05, 3.63) is 47.5 Å². The molecular formula is C22H24N2O4. The molecule has 0 bridgehead atoms. The van der Waals surface area contributed by atoms with Crippen LogP contribution in [0.4, 0.5) is 11.4 Å². The Morgan fingerprint density at radius 2 is 1.93 bits per heavy atom. The number of amides is 2. The van der Waals surface area contributed by atoms with E-state index in [4.69, 9.17) is 9.47 Å². The number of nitrogens with one attached hydrogen (secondary N) is 1. The largest absolute Gasteiger partial charge is 0.494 e. The monoisotopic (exact) mass is 380 g/mol. The lowest BCUT2D eigenvalue weighted by Crippen LogP contribution is -2.24. The predicted octanol–water partition coefficient (Wildman–Crippen LogP) is 3.33. The van der Waals surface area contributed by atoms with Crippen LogP contribution < -0.4 is 19.7 Å². The number of hydrogen-bond acceptors (Lipinski definition) is 4. The molecule has 6 heteroatoms. The number of rotatable bonds is 6. The van der Waals surface area contributed by atoms with Crippen LogP contribution in [0, 0.1) is 0 Å². The minimum absolute atomic E-state index is 0.0620. The van der Waals surface area contributed by atoms with E-state index in [2.05, 4.69) is 11.4 Å². The Hall–Kier alpha value is -3.02. The molecule has 2 aromatic rings. The van der Waals surface area contributed by atoms with Crippen LogP contribution in [0.5, 0.6) is 11.5 Å². The summed E-state index contributed by atoms with van der Waals surface area (Å²) in [7, 11) is 1.56. The van der Waals surface area contributed by atoms with Crippen LogP contribution in [-0.2, 0) is 22.4 Å². The molecule has 6 nitrogen and oxygen atoms in total. The van der Waals surface area contributed by atoms with Gasteiger partial charge in [0.15, 0.2) is 6.61 Å². The Morgan fingerprint density at radius 3 is 2.71 bits per heavy atom. The van der Waals surface area contributed by atoms with E-state index in [0.717, 1.165) is 30.7 Å². The van der Waals surface area contributed by atoms with Gasteiger partial charge in [0.25, 0.3) is 5.91 Å². The number of ether oxygens (including phenoxy) is 2. The van der Waals surface area contributed by atoms with Gasteiger partial charge in [0, 0.05) is 24.7 Å². The van der Waals surface area contributed by atoms with Gasteiger partial charge in [0.1, 0.15) is 11.5 Å². The van der Waals surface area contributed by atoms with Crippen molar-refractivity contribution in [2.45, 2.75) is 32.1 Å². The molecule has 1 fully saturated rings. The molecule has 1 aliphatic carbocycles. The molecule has 2 amide bonds. The maximum absolute atomic E-state index is 12.3. The average Bonchev–Trinajstić information content (AvgIpc) is 3.34. The molecule has 0 saturated carbocycles. The van der Waals surface area contributed by atoms with Gasteiger partial charge in [0.05, 0.1) is 12.8 Å². The number of nitrogens with zero attached hydrogens (tertiary/aromatic N) is 1. The first-order valence-electron chi connectivity index (χ1n) is 9.67. The molecule has 0 atom stereocenters. The molecule has 2 aliphatic rings. The standard InChI is InChI=1S/C22H24N2O4/c1-27-20-13-17(8-10-19(20)24-11-3-6-22(24)26)23-21(25)14-28-18-9-7-15-4-2-5-16(15)12-18/h7-10,12-13H,2-6,11,14H2,1H3,(H,23,25). The second-order valence-corrected chi connectivity index (χ2v) is 7.16. The van der Waals surface area contributed by atoms with Crippen LogP contribution in [0.15, 0.2) is 36.4 Å². The van der Waals surface area contributed by atoms with Gasteiger partial charge in [-0.2, -0.15) is 0 Å². The third-order valence-electron chi connectivity index (χ3n) is 5.27. The lowest BCUT2D eigenvalue weighted by Gasteiger charge is -2.19. The second kappa shape index (κ2) is 7.92. The van der Waals surface area contributed by atoms with E-state index in [9.17, 15) is 9.59 Å². The third-order valence-corrected chi connectivity index (χ3v) is 5.27. The lowest BCUT2D eigenvalue weighted by atomic mass is 10.1. The number of fused-ring (bicyclic) bond motifs is 1. The highest BCUT2D eigenvalue weighted by atomic mass is 16.5. The first-order valence-corrected chi connectivity index (χ1v) is 9.67. The molecule has 2 aromatic carbocycles. The molecule has 0 aromatic heterocycles. The van der Waals surface area contributed by atoms with Gasteiger partial charge in [-0.1, -0.05) is 6.07 Å². The van der Waals surface area contributed by atoms with Crippen LogP contribution in [-0.4, -0.2) is 32.1 Å². The number of carbonyl (C=O) groups excluding carboxylic acids is 2. The highest BCUT2D eigenvalue weighted by molar-refractivity contribution is 5.98. The zero-order valence-corrected chi connectivity index (χ0v) is 16.0. The highest BCUT2D eigenvalue weighted by Crippen LogP contribution is 2.34. The molecule has 146 valence electrons. The Labute approximate surface area is 164 Å². The zero-order valence-electron chi connectivity index (χ0n) is 16.0. The van der Waals surface area contributed by atoms with E-state index < -0.39 is 0 Å². The number of carbonyl (C=O) groups is 2. The van der Waals surface area contributed by atoms with Gasteiger partial charge in [-0.3, -0.25) is 9.59 Å². The average molecular weight is 380 g/mol. The fourth-order valence-electron chi connectivity index (χ4n) is 3.87. The normalized spacial score (nSPS) is 15.5. The number of aryl methyl sites for hydroxylation is 2. The van der Waals surface area contributed by atoms with E-state index >= 15 is 0 Å².